The molecule has 1 heterocycles. The van der Waals surface area contributed by atoms with Gasteiger partial charge in [-0.25, -0.2) is 0 Å². The van der Waals surface area contributed by atoms with Crippen molar-refractivity contribution in [2.24, 2.45) is 5.92 Å². The molecule has 0 aromatic heterocycles. The van der Waals surface area contributed by atoms with E-state index in [9.17, 15) is 4.79 Å². The third kappa shape index (κ3) is 1.52. The third-order valence-corrected chi connectivity index (χ3v) is 3.18. The van der Waals surface area contributed by atoms with E-state index in [0.29, 0.717) is 0 Å². The second-order valence-electron chi connectivity index (χ2n) is 4.15. The van der Waals surface area contributed by atoms with Crippen LogP contribution < -0.4 is 0 Å². The van der Waals surface area contributed by atoms with Crippen LogP contribution in [0.3, 0.4) is 0 Å². The number of amides is 1. The first-order valence-electron chi connectivity index (χ1n) is 5.05. The molecule has 3 heteroatoms. The normalized spacial score (nSPS) is 26.0. The first-order chi connectivity index (χ1) is 6.70. The Morgan fingerprint density at radius 3 is 2.86 bits per heavy atom. The van der Waals surface area contributed by atoms with Gasteiger partial charge in [-0.15, -0.1) is 0 Å². The molecule has 0 aromatic carbocycles. The van der Waals surface area contributed by atoms with Crippen molar-refractivity contribution >= 4 is 5.91 Å². The van der Waals surface area contributed by atoms with Gasteiger partial charge in [0.15, 0.2) is 0 Å². The molecule has 0 N–H and O–H groups in total. The maximum absolute atomic E-state index is 11.2. The van der Waals surface area contributed by atoms with Gasteiger partial charge < -0.3 is 4.90 Å². The Balaban J connectivity index is 2.07. The van der Waals surface area contributed by atoms with Crippen LogP contribution in [0.4, 0.5) is 0 Å². The van der Waals surface area contributed by atoms with Crippen LogP contribution in [0.1, 0.15) is 26.2 Å². The smallest absolute Gasteiger partial charge is 0.220 e. The van der Waals surface area contributed by atoms with E-state index < -0.39 is 0 Å². The highest BCUT2D eigenvalue weighted by molar-refractivity contribution is 5.74. The fourth-order valence-corrected chi connectivity index (χ4v) is 2.29. The van der Waals surface area contributed by atoms with E-state index in [2.05, 4.69) is 6.07 Å². The van der Waals surface area contributed by atoms with Crippen LogP contribution in [0.2, 0.25) is 0 Å². The Labute approximate surface area is 84.0 Å². The molecule has 0 spiro atoms. The molecule has 0 unspecified atom stereocenters. The topological polar surface area (TPSA) is 44.1 Å². The van der Waals surface area contributed by atoms with Crippen molar-refractivity contribution in [3.05, 3.63) is 11.1 Å². The molecule has 0 fully saturated rings. The second-order valence-corrected chi connectivity index (χ2v) is 4.15. The number of rotatable bonds is 0. The van der Waals surface area contributed by atoms with E-state index in [0.717, 1.165) is 32.4 Å². The minimum atomic E-state index is 0.146. The quantitative estimate of drug-likeness (QED) is 0.543. The van der Waals surface area contributed by atoms with E-state index in [1.54, 1.807) is 6.92 Å². The van der Waals surface area contributed by atoms with E-state index >= 15 is 0 Å². The predicted octanol–water partition coefficient (Wildman–Crippen LogP) is 1.47. The fourth-order valence-electron chi connectivity index (χ4n) is 2.29. The average molecular weight is 190 g/mol. The molecular weight excluding hydrogens is 176 g/mol. The van der Waals surface area contributed by atoms with Gasteiger partial charge in [-0.2, -0.15) is 5.26 Å². The van der Waals surface area contributed by atoms with Crippen LogP contribution in [0.15, 0.2) is 11.1 Å². The highest BCUT2D eigenvalue weighted by Gasteiger charge is 2.28. The summed E-state index contributed by atoms with van der Waals surface area (Å²) in [7, 11) is 0. The maximum atomic E-state index is 11.2. The van der Waals surface area contributed by atoms with Crippen molar-refractivity contribution in [3.8, 4) is 6.07 Å². The molecule has 74 valence electrons. The number of carbonyl (C=O) groups is 1. The molecule has 2 rings (SSSR count). The summed E-state index contributed by atoms with van der Waals surface area (Å²) in [5.41, 5.74) is 2.75. The van der Waals surface area contributed by atoms with Gasteiger partial charge in [-0.1, -0.05) is 0 Å². The summed E-state index contributed by atoms with van der Waals surface area (Å²) >= 11 is 0. The Morgan fingerprint density at radius 2 is 2.21 bits per heavy atom. The van der Waals surface area contributed by atoms with E-state index in [1.807, 2.05) is 4.90 Å². The van der Waals surface area contributed by atoms with Gasteiger partial charge >= 0.3 is 0 Å². The van der Waals surface area contributed by atoms with Gasteiger partial charge in [0, 0.05) is 20.0 Å². The fraction of sp³-hybridized carbons (Fsp3) is 0.636. The molecule has 1 atom stereocenters. The molecule has 1 aliphatic heterocycles. The lowest BCUT2D eigenvalue weighted by Crippen LogP contribution is -2.26. The molecule has 2 aliphatic rings. The van der Waals surface area contributed by atoms with Crippen molar-refractivity contribution in [1.29, 1.82) is 5.26 Å². The Bertz CT molecular complexity index is 338. The number of nitrogens with zero attached hydrogens (tertiary/aromatic N) is 2. The average Bonchev–Trinajstić information content (AvgIpc) is 2.59. The highest BCUT2D eigenvalue weighted by Crippen LogP contribution is 2.33. The van der Waals surface area contributed by atoms with Gasteiger partial charge in [0.05, 0.1) is 12.0 Å². The summed E-state index contributed by atoms with van der Waals surface area (Å²) in [6, 6.07) is 2.32. The standard InChI is InChI=1S/C11H14N2O/c1-8(14)13-6-10-3-2-9(5-12)4-11(10)7-13/h9H,2-4,6-7H2,1H3/t9-/m1/s1. The van der Waals surface area contributed by atoms with Crippen molar-refractivity contribution < 1.29 is 4.79 Å². The molecule has 0 saturated heterocycles. The van der Waals surface area contributed by atoms with Crippen molar-refractivity contribution in [3.63, 3.8) is 0 Å². The van der Waals surface area contributed by atoms with Gasteiger partial charge in [0.2, 0.25) is 5.91 Å². The Morgan fingerprint density at radius 1 is 1.50 bits per heavy atom. The first kappa shape index (κ1) is 9.26. The zero-order valence-electron chi connectivity index (χ0n) is 8.42. The summed E-state index contributed by atoms with van der Waals surface area (Å²) in [5.74, 6) is 0.327. The van der Waals surface area contributed by atoms with Crippen LogP contribution >= 0.6 is 0 Å². The first-order valence-corrected chi connectivity index (χ1v) is 5.05. The summed E-state index contributed by atoms with van der Waals surface area (Å²) in [6.45, 7) is 3.19. The highest BCUT2D eigenvalue weighted by atomic mass is 16.2. The minimum Gasteiger partial charge on any atom is -0.335 e. The zero-order valence-corrected chi connectivity index (χ0v) is 8.42. The third-order valence-electron chi connectivity index (χ3n) is 3.18. The lowest BCUT2D eigenvalue weighted by Gasteiger charge is -2.16. The zero-order chi connectivity index (χ0) is 10.1. The maximum Gasteiger partial charge on any atom is 0.220 e. The Kier molecular flexibility index (Phi) is 2.28. The lowest BCUT2D eigenvalue weighted by atomic mass is 9.86. The second kappa shape index (κ2) is 3.45. The predicted molar refractivity (Wildman–Crippen MR) is 52.2 cm³/mol. The number of hydrogen-bond donors (Lipinski definition) is 0. The summed E-state index contributed by atoms with van der Waals surface area (Å²) in [4.78, 5) is 13.0. The molecule has 1 aliphatic carbocycles. The van der Waals surface area contributed by atoms with Crippen molar-refractivity contribution in [1.82, 2.24) is 4.90 Å². The monoisotopic (exact) mass is 190 g/mol. The lowest BCUT2D eigenvalue weighted by molar-refractivity contribution is -0.127. The van der Waals surface area contributed by atoms with Crippen LogP contribution in [0.5, 0.6) is 0 Å². The van der Waals surface area contributed by atoms with Gasteiger partial charge in [0.25, 0.3) is 0 Å². The van der Waals surface area contributed by atoms with Gasteiger partial charge in [-0.05, 0) is 30.4 Å². The number of hydrogen-bond acceptors (Lipinski definition) is 2. The van der Waals surface area contributed by atoms with E-state index in [-0.39, 0.29) is 11.8 Å². The van der Waals surface area contributed by atoms with Gasteiger partial charge in [0.1, 0.15) is 0 Å². The van der Waals surface area contributed by atoms with E-state index in [1.165, 1.54) is 11.1 Å². The summed E-state index contributed by atoms with van der Waals surface area (Å²) in [6.07, 6.45) is 2.87. The van der Waals surface area contributed by atoms with Crippen LogP contribution in [-0.4, -0.2) is 23.9 Å². The molecule has 1 amide bonds. The summed E-state index contributed by atoms with van der Waals surface area (Å²) < 4.78 is 0. The molecule has 0 aromatic rings. The van der Waals surface area contributed by atoms with E-state index in [4.69, 9.17) is 5.26 Å². The Hall–Kier alpha value is -1.30. The van der Waals surface area contributed by atoms with Crippen molar-refractivity contribution in [2.75, 3.05) is 13.1 Å². The minimum absolute atomic E-state index is 0.146. The number of nitriles is 1. The van der Waals surface area contributed by atoms with Crippen LogP contribution in [0.25, 0.3) is 0 Å². The van der Waals surface area contributed by atoms with Crippen molar-refractivity contribution in [2.45, 2.75) is 26.2 Å². The molecule has 3 nitrogen and oxygen atoms in total. The van der Waals surface area contributed by atoms with Crippen LogP contribution in [-0.2, 0) is 4.79 Å². The molecule has 0 saturated carbocycles. The van der Waals surface area contributed by atoms with Gasteiger partial charge in [-0.3, -0.25) is 4.79 Å². The molecule has 0 bridgehead atoms. The largest absolute Gasteiger partial charge is 0.335 e. The summed E-state index contributed by atoms with van der Waals surface area (Å²) in [5, 5.41) is 8.83. The van der Waals surface area contributed by atoms with Crippen LogP contribution in [0, 0.1) is 17.2 Å². The molecule has 14 heavy (non-hydrogen) atoms. The number of carbonyl (C=O) groups excluding carboxylic acids is 1. The molecule has 0 radical (unpaired) electrons. The SMILES string of the molecule is CC(=O)N1CC2=C(C[C@H](C#N)CC2)C1. The molecular formula is C11H14N2O.